The van der Waals surface area contributed by atoms with E-state index >= 15 is 4.57 Å². The van der Waals surface area contributed by atoms with Gasteiger partial charge in [-0.1, -0.05) is 201 Å². The van der Waals surface area contributed by atoms with Crippen molar-refractivity contribution in [2.75, 3.05) is 0 Å². The van der Waals surface area contributed by atoms with Crippen LogP contribution in [0, 0.1) is 0 Å². The predicted octanol–water partition coefficient (Wildman–Crippen LogP) is 12.2. The maximum absolute atomic E-state index is 15.2. The molecular weight excluding hydrogens is 611 g/mol. The molecule has 0 heterocycles. The van der Waals surface area contributed by atoms with Gasteiger partial charge in [0.15, 0.2) is 7.14 Å². The van der Waals surface area contributed by atoms with E-state index in [-0.39, 0.29) is 0 Å². The van der Waals surface area contributed by atoms with Crippen LogP contribution in [0.25, 0.3) is 17.7 Å². The Morgan fingerprint density at radius 3 is 1.53 bits per heavy atom. The lowest BCUT2D eigenvalue weighted by molar-refractivity contribution is 0.589. The molecule has 0 saturated heterocycles. The summed E-state index contributed by atoms with van der Waals surface area (Å²) < 4.78 is 15.2. The first-order valence-electron chi connectivity index (χ1n) is 16.7. The van der Waals surface area contributed by atoms with Gasteiger partial charge >= 0.3 is 0 Å². The van der Waals surface area contributed by atoms with E-state index in [2.05, 4.69) is 117 Å². The summed E-state index contributed by atoms with van der Waals surface area (Å²) in [5.74, 6) is 0. The van der Waals surface area contributed by atoms with E-state index in [1.807, 2.05) is 91.0 Å². The number of hydrogen-bond donors (Lipinski definition) is 0. The molecule has 0 bridgehead atoms. The molecule has 0 radical (unpaired) electrons. The SMILES string of the molecule is C=C/C=C(C=C)/C(C)=C\c1ccc(P(=O)(C2=CC=CCC2)c2ccc(C=C(c3ccccc3)c3ccccc3)cc2)cc1.c1ccccc1. The molecule has 6 rings (SSSR count). The maximum Gasteiger partial charge on any atom is 0.167 e. The molecule has 49 heavy (non-hydrogen) atoms. The van der Waals surface area contributed by atoms with Crippen molar-refractivity contribution >= 4 is 35.5 Å². The zero-order valence-corrected chi connectivity index (χ0v) is 29.1. The second-order valence-electron chi connectivity index (χ2n) is 11.8. The fourth-order valence-electron chi connectivity index (χ4n) is 5.84. The highest BCUT2D eigenvalue weighted by molar-refractivity contribution is 7.82. The highest BCUT2D eigenvalue weighted by atomic mass is 31.2. The van der Waals surface area contributed by atoms with Crippen LogP contribution in [-0.2, 0) is 4.57 Å². The van der Waals surface area contributed by atoms with Crippen molar-refractivity contribution in [2.45, 2.75) is 19.8 Å². The van der Waals surface area contributed by atoms with E-state index in [1.165, 1.54) is 0 Å². The van der Waals surface area contributed by atoms with E-state index in [4.69, 9.17) is 0 Å². The van der Waals surface area contributed by atoms with Crippen LogP contribution >= 0.6 is 7.14 Å². The maximum atomic E-state index is 15.2. The Morgan fingerprint density at radius 2 is 1.10 bits per heavy atom. The van der Waals surface area contributed by atoms with E-state index in [9.17, 15) is 0 Å². The largest absolute Gasteiger partial charge is 0.309 e. The van der Waals surface area contributed by atoms with Crippen LogP contribution in [-0.4, -0.2) is 0 Å². The van der Waals surface area contributed by atoms with Crippen molar-refractivity contribution in [1.29, 1.82) is 0 Å². The van der Waals surface area contributed by atoms with E-state index in [1.54, 1.807) is 6.08 Å². The van der Waals surface area contributed by atoms with Crippen LogP contribution in [0.2, 0.25) is 0 Å². The van der Waals surface area contributed by atoms with Crippen molar-refractivity contribution in [3.63, 3.8) is 0 Å². The first kappa shape index (κ1) is 34.8. The zero-order chi connectivity index (χ0) is 34.3. The lowest BCUT2D eigenvalue weighted by Crippen LogP contribution is -2.18. The Morgan fingerprint density at radius 1 is 0.633 bits per heavy atom. The van der Waals surface area contributed by atoms with Gasteiger partial charge in [-0.3, -0.25) is 0 Å². The molecule has 5 aromatic rings. The van der Waals surface area contributed by atoms with Gasteiger partial charge < -0.3 is 4.57 Å². The minimum Gasteiger partial charge on any atom is -0.309 e. The molecule has 0 saturated carbocycles. The minimum atomic E-state index is -3.03. The standard InChI is InChI=1S/C41H37OP.C6H6/c1-4-15-35(5-2)32(3)30-33-22-26-39(27-23-33)43(42,38-20-13-8-14-21-38)40-28-24-34(25-29-40)31-41(36-16-9-6-10-17-36)37-18-11-7-12-19-37;1-2-4-6-5-3-1/h4-13,15-20,22-31H,1-2,14,21H2,3H3;1-6H/b32-30-,35-15+;. The van der Waals surface area contributed by atoms with Gasteiger partial charge in [0.25, 0.3) is 0 Å². The van der Waals surface area contributed by atoms with Crippen molar-refractivity contribution in [1.82, 2.24) is 0 Å². The Bertz CT molecular complexity index is 1960. The second-order valence-corrected chi connectivity index (χ2v) is 14.6. The van der Waals surface area contributed by atoms with E-state index in [0.717, 1.165) is 67.7 Å². The molecule has 0 fully saturated rings. The first-order valence-corrected chi connectivity index (χ1v) is 18.4. The van der Waals surface area contributed by atoms with Crippen molar-refractivity contribution < 1.29 is 4.57 Å². The van der Waals surface area contributed by atoms with Crippen LogP contribution in [0.1, 0.15) is 42.0 Å². The quantitative estimate of drug-likeness (QED) is 0.0832. The fraction of sp³-hybridized carbons (Fsp3) is 0.0638. The molecule has 5 aromatic carbocycles. The third-order valence-electron chi connectivity index (χ3n) is 8.41. The Hall–Kier alpha value is -5.49. The molecule has 1 aliphatic carbocycles. The van der Waals surface area contributed by atoms with Crippen LogP contribution < -0.4 is 10.6 Å². The molecule has 0 amide bonds. The number of hydrogen-bond acceptors (Lipinski definition) is 1. The van der Waals surface area contributed by atoms with Gasteiger partial charge in [0.2, 0.25) is 0 Å². The minimum absolute atomic E-state index is 0.789. The van der Waals surface area contributed by atoms with E-state index in [0.29, 0.717) is 0 Å². The van der Waals surface area contributed by atoms with Gasteiger partial charge in [0.1, 0.15) is 0 Å². The summed E-state index contributed by atoms with van der Waals surface area (Å²) in [7, 11) is -3.03. The second kappa shape index (κ2) is 17.6. The van der Waals surface area contributed by atoms with Crippen LogP contribution in [0.3, 0.4) is 0 Å². The fourth-order valence-corrected chi connectivity index (χ4v) is 8.67. The zero-order valence-electron chi connectivity index (χ0n) is 28.2. The predicted molar refractivity (Wildman–Crippen MR) is 215 cm³/mol. The van der Waals surface area contributed by atoms with Gasteiger partial charge in [-0.25, -0.2) is 0 Å². The van der Waals surface area contributed by atoms with Crippen LogP contribution in [0.5, 0.6) is 0 Å². The van der Waals surface area contributed by atoms with Gasteiger partial charge in [-0.2, -0.15) is 0 Å². The normalized spacial score (nSPS) is 13.9. The molecule has 242 valence electrons. The smallest absolute Gasteiger partial charge is 0.167 e. The van der Waals surface area contributed by atoms with Gasteiger partial charge in [-0.15, -0.1) is 0 Å². The van der Waals surface area contributed by atoms with Crippen molar-refractivity contribution in [3.05, 3.63) is 234 Å². The number of allylic oxidation sites excluding steroid dienone is 9. The average molecular weight is 655 g/mol. The summed E-state index contributed by atoms with van der Waals surface area (Å²) >= 11 is 0. The van der Waals surface area contributed by atoms with Gasteiger partial charge in [0.05, 0.1) is 0 Å². The van der Waals surface area contributed by atoms with Crippen LogP contribution in [0.4, 0.5) is 0 Å². The number of rotatable bonds is 10. The molecule has 2 heteroatoms. The third kappa shape index (κ3) is 9.11. The monoisotopic (exact) mass is 654 g/mol. The van der Waals surface area contributed by atoms with Gasteiger partial charge in [0, 0.05) is 10.6 Å². The summed E-state index contributed by atoms with van der Waals surface area (Å²) in [5, 5.41) is 2.70. The molecule has 0 N–H and O–H groups in total. The topological polar surface area (TPSA) is 17.1 Å². The Kier molecular flexibility index (Phi) is 12.5. The summed E-state index contributed by atoms with van der Waals surface area (Å²) in [6, 6.07) is 49.3. The molecule has 0 spiro atoms. The molecule has 0 aliphatic heterocycles. The average Bonchev–Trinajstić information content (AvgIpc) is 3.18. The molecule has 1 atom stereocenters. The Balaban J connectivity index is 0.000000704. The molecule has 0 aromatic heterocycles. The Labute approximate surface area is 292 Å². The molecular formula is C47H43OP. The first-order chi connectivity index (χ1) is 24.0. The summed E-state index contributed by atoms with van der Waals surface area (Å²) in [6.07, 6.45) is 17.8. The highest BCUT2D eigenvalue weighted by Crippen LogP contribution is 2.54. The van der Waals surface area contributed by atoms with Gasteiger partial charge in [-0.05, 0) is 70.1 Å². The lowest BCUT2D eigenvalue weighted by Gasteiger charge is -2.24. The van der Waals surface area contributed by atoms with Crippen LogP contribution in [0.15, 0.2) is 212 Å². The molecule has 1 aliphatic rings. The summed E-state index contributed by atoms with van der Waals surface area (Å²) in [5.41, 5.74) is 7.72. The summed E-state index contributed by atoms with van der Waals surface area (Å²) in [4.78, 5) is 0. The van der Waals surface area contributed by atoms with Crippen molar-refractivity contribution in [2.24, 2.45) is 0 Å². The van der Waals surface area contributed by atoms with Crippen molar-refractivity contribution in [3.8, 4) is 0 Å². The summed E-state index contributed by atoms with van der Waals surface area (Å²) in [6.45, 7) is 9.78. The number of benzene rings is 5. The molecule has 1 unspecified atom stereocenters. The van der Waals surface area contributed by atoms with E-state index < -0.39 is 7.14 Å². The lowest BCUT2D eigenvalue weighted by atomic mass is 9.96. The highest BCUT2D eigenvalue weighted by Gasteiger charge is 2.31. The molecule has 1 nitrogen and oxygen atoms in total. The third-order valence-corrected chi connectivity index (χ3v) is 11.6.